The molecular weight excluding hydrogens is 443 g/mol. The molecule has 0 aromatic heterocycles. The highest BCUT2D eigenvalue weighted by atomic mass is 127. The topological polar surface area (TPSA) is 72.1 Å². The standard InChI is InChI=1S/C19H32N4O2.HI/c1-6-23(7-2)10-11-25-17-9-8-16(12-18(17)24-5)14-22-19(20)21-13-15(3)4;/h8-9,12H,3,6-7,10-11,13-14H2,1-2,4-5H3,(H3,20,21,22);1H. The van der Waals surface area contributed by atoms with E-state index in [1.165, 1.54) is 0 Å². The van der Waals surface area contributed by atoms with Gasteiger partial charge in [0, 0.05) is 13.1 Å². The summed E-state index contributed by atoms with van der Waals surface area (Å²) in [4.78, 5) is 6.63. The number of hydrogen-bond donors (Lipinski definition) is 2. The predicted octanol–water partition coefficient (Wildman–Crippen LogP) is 3.01. The van der Waals surface area contributed by atoms with E-state index in [2.05, 4.69) is 35.6 Å². The van der Waals surface area contributed by atoms with Crippen LogP contribution in [0.3, 0.4) is 0 Å². The van der Waals surface area contributed by atoms with Crippen molar-refractivity contribution in [2.75, 3.05) is 39.9 Å². The summed E-state index contributed by atoms with van der Waals surface area (Å²) < 4.78 is 11.3. The van der Waals surface area contributed by atoms with E-state index < -0.39 is 0 Å². The molecule has 0 aliphatic heterocycles. The Labute approximate surface area is 174 Å². The molecule has 0 atom stereocenters. The third-order valence-corrected chi connectivity index (χ3v) is 3.79. The first-order chi connectivity index (χ1) is 12.0. The number of guanidine groups is 1. The highest BCUT2D eigenvalue weighted by molar-refractivity contribution is 14.0. The van der Waals surface area contributed by atoms with Gasteiger partial charge in [0.1, 0.15) is 6.61 Å². The Balaban J connectivity index is 0.00000625. The summed E-state index contributed by atoms with van der Waals surface area (Å²) in [7, 11) is 1.64. The molecule has 1 rings (SSSR count). The maximum absolute atomic E-state index is 5.86. The number of likely N-dealkylation sites (N-methyl/N-ethyl adjacent to an activating group) is 1. The van der Waals surface area contributed by atoms with E-state index in [-0.39, 0.29) is 24.0 Å². The first-order valence-electron chi connectivity index (χ1n) is 8.70. The lowest BCUT2D eigenvalue weighted by Gasteiger charge is -2.18. The molecule has 0 saturated heterocycles. The molecule has 1 aromatic rings. The van der Waals surface area contributed by atoms with Gasteiger partial charge in [0.2, 0.25) is 0 Å². The van der Waals surface area contributed by atoms with Crippen molar-refractivity contribution in [3.8, 4) is 11.5 Å². The van der Waals surface area contributed by atoms with E-state index in [0.717, 1.165) is 36.5 Å². The largest absolute Gasteiger partial charge is 0.493 e. The van der Waals surface area contributed by atoms with Crippen molar-refractivity contribution < 1.29 is 9.47 Å². The zero-order chi connectivity index (χ0) is 18.7. The van der Waals surface area contributed by atoms with Crippen molar-refractivity contribution in [3.63, 3.8) is 0 Å². The van der Waals surface area contributed by atoms with Crippen LogP contribution < -0.4 is 20.5 Å². The van der Waals surface area contributed by atoms with E-state index >= 15 is 0 Å². The Morgan fingerprint density at radius 1 is 1.27 bits per heavy atom. The van der Waals surface area contributed by atoms with Gasteiger partial charge in [-0.2, -0.15) is 0 Å². The maximum atomic E-state index is 5.86. The fourth-order valence-corrected chi connectivity index (χ4v) is 2.23. The first-order valence-corrected chi connectivity index (χ1v) is 8.70. The summed E-state index contributed by atoms with van der Waals surface area (Å²) in [5.41, 5.74) is 7.84. The molecule has 0 fully saturated rings. The Morgan fingerprint density at radius 2 is 1.96 bits per heavy atom. The normalized spacial score (nSPS) is 11.0. The van der Waals surface area contributed by atoms with E-state index in [0.29, 0.717) is 31.4 Å². The van der Waals surface area contributed by atoms with Gasteiger partial charge in [-0.05, 0) is 37.7 Å². The first kappa shape index (κ1) is 24.5. The van der Waals surface area contributed by atoms with Crippen molar-refractivity contribution in [2.45, 2.75) is 27.3 Å². The lowest BCUT2D eigenvalue weighted by atomic mass is 10.2. The van der Waals surface area contributed by atoms with Gasteiger partial charge in [-0.15, -0.1) is 24.0 Å². The SMILES string of the molecule is C=C(C)CNC(N)=NCc1ccc(OCCN(CC)CC)c(OC)c1.I. The van der Waals surface area contributed by atoms with Crippen molar-refractivity contribution in [3.05, 3.63) is 35.9 Å². The molecule has 0 saturated carbocycles. The lowest BCUT2D eigenvalue weighted by molar-refractivity contribution is 0.217. The Kier molecular flexibility index (Phi) is 12.9. The zero-order valence-electron chi connectivity index (χ0n) is 16.4. The van der Waals surface area contributed by atoms with Crippen LogP contribution in [0.15, 0.2) is 35.3 Å². The number of methoxy groups -OCH3 is 1. The molecule has 0 aliphatic rings. The van der Waals surface area contributed by atoms with Crippen LogP contribution in [0.4, 0.5) is 0 Å². The van der Waals surface area contributed by atoms with E-state index in [9.17, 15) is 0 Å². The van der Waals surface area contributed by atoms with Gasteiger partial charge in [0.05, 0.1) is 13.7 Å². The van der Waals surface area contributed by atoms with Crippen LogP contribution in [0.1, 0.15) is 26.3 Å². The summed E-state index contributed by atoms with van der Waals surface area (Å²) in [5, 5.41) is 3.01. The molecule has 7 heteroatoms. The second kappa shape index (κ2) is 13.7. The molecule has 3 N–H and O–H groups in total. The summed E-state index contributed by atoms with van der Waals surface area (Å²) in [6.45, 7) is 14.7. The molecule has 0 spiro atoms. The number of nitrogens with two attached hydrogens (primary N) is 1. The molecule has 0 radical (unpaired) electrons. The summed E-state index contributed by atoms with van der Waals surface area (Å²) in [6, 6.07) is 5.83. The molecular formula is C19H33IN4O2. The molecule has 1 aromatic carbocycles. The predicted molar refractivity (Wildman–Crippen MR) is 120 cm³/mol. The number of ether oxygens (including phenoxy) is 2. The third kappa shape index (κ3) is 9.28. The molecule has 26 heavy (non-hydrogen) atoms. The number of halogens is 1. The summed E-state index contributed by atoms with van der Waals surface area (Å²) in [6.07, 6.45) is 0. The average molecular weight is 476 g/mol. The quantitative estimate of drug-likeness (QED) is 0.222. The fraction of sp³-hybridized carbons (Fsp3) is 0.526. The van der Waals surface area contributed by atoms with Crippen molar-refractivity contribution in [1.29, 1.82) is 0 Å². The van der Waals surface area contributed by atoms with Crippen LogP contribution in [0.25, 0.3) is 0 Å². The van der Waals surface area contributed by atoms with E-state index in [1.54, 1.807) is 7.11 Å². The number of hydrogen-bond acceptors (Lipinski definition) is 4. The Morgan fingerprint density at radius 3 is 2.54 bits per heavy atom. The van der Waals surface area contributed by atoms with Crippen LogP contribution >= 0.6 is 24.0 Å². The zero-order valence-corrected chi connectivity index (χ0v) is 18.7. The van der Waals surface area contributed by atoms with Crippen LogP contribution in [0.2, 0.25) is 0 Å². The molecule has 0 heterocycles. The van der Waals surface area contributed by atoms with E-state index in [4.69, 9.17) is 15.2 Å². The fourth-order valence-electron chi connectivity index (χ4n) is 2.23. The van der Waals surface area contributed by atoms with Crippen LogP contribution in [0.5, 0.6) is 11.5 Å². The van der Waals surface area contributed by atoms with Crippen LogP contribution in [0, 0.1) is 0 Å². The average Bonchev–Trinajstić information content (AvgIpc) is 2.62. The molecule has 0 bridgehead atoms. The second-order valence-electron chi connectivity index (χ2n) is 5.87. The van der Waals surface area contributed by atoms with Crippen LogP contribution in [-0.4, -0.2) is 50.8 Å². The minimum Gasteiger partial charge on any atom is -0.493 e. The number of rotatable bonds is 11. The Bertz CT molecular complexity index is 575. The van der Waals surface area contributed by atoms with Gasteiger partial charge in [0.15, 0.2) is 17.5 Å². The number of nitrogens with one attached hydrogen (secondary N) is 1. The Hall–Kier alpha value is -1.48. The smallest absolute Gasteiger partial charge is 0.189 e. The minimum atomic E-state index is 0. The second-order valence-corrected chi connectivity index (χ2v) is 5.87. The molecule has 6 nitrogen and oxygen atoms in total. The van der Waals surface area contributed by atoms with Crippen LogP contribution in [-0.2, 0) is 6.54 Å². The highest BCUT2D eigenvalue weighted by Gasteiger charge is 2.07. The van der Waals surface area contributed by atoms with Crippen molar-refractivity contribution >= 4 is 29.9 Å². The number of aliphatic imine (C=N–C) groups is 1. The maximum Gasteiger partial charge on any atom is 0.189 e. The summed E-state index contributed by atoms with van der Waals surface area (Å²) >= 11 is 0. The lowest BCUT2D eigenvalue weighted by Crippen LogP contribution is -2.32. The van der Waals surface area contributed by atoms with Gasteiger partial charge < -0.3 is 25.4 Å². The highest BCUT2D eigenvalue weighted by Crippen LogP contribution is 2.28. The third-order valence-electron chi connectivity index (χ3n) is 3.79. The summed E-state index contributed by atoms with van der Waals surface area (Å²) in [5.74, 6) is 1.86. The van der Waals surface area contributed by atoms with Crippen molar-refractivity contribution in [1.82, 2.24) is 10.2 Å². The van der Waals surface area contributed by atoms with Gasteiger partial charge >= 0.3 is 0 Å². The van der Waals surface area contributed by atoms with Gasteiger partial charge in [-0.25, -0.2) is 4.99 Å². The number of nitrogens with zero attached hydrogens (tertiary/aromatic N) is 2. The van der Waals surface area contributed by atoms with Gasteiger partial charge in [0.25, 0.3) is 0 Å². The van der Waals surface area contributed by atoms with E-state index in [1.807, 2.05) is 25.1 Å². The monoisotopic (exact) mass is 476 g/mol. The van der Waals surface area contributed by atoms with Gasteiger partial charge in [-0.1, -0.05) is 32.1 Å². The minimum absolute atomic E-state index is 0. The number of benzene rings is 1. The van der Waals surface area contributed by atoms with Gasteiger partial charge in [-0.3, -0.25) is 0 Å². The molecule has 0 unspecified atom stereocenters. The molecule has 148 valence electrons. The molecule has 0 aliphatic carbocycles. The molecule has 0 amide bonds. The van der Waals surface area contributed by atoms with Crippen molar-refractivity contribution in [2.24, 2.45) is 10.7 Å².